The van der Waals surface area contributed by atoms with Gasteiger partial charge in [0.25, 0.3) is 0 Å². The number of aliphatic carboxylic acids is 1. The van der Waals surface area contributed by atoms with E-state index >= 15 is 0 Å². The number of carboxylic acid groups (broad SMARTS) is 1. The molecule has 0 radical (unpaired) electrons. The number of nitrogens with one attached hydrogen (secondary N) is 4. The zero-order valence-corrected chi connectivity index (χ0v) is 20.4. The number of fused-ring (bicyclic) bond motifs is 1. The molecule has 0 bridgehead atoms. The molecule has 0 spiro atoms. The lowest BCUT2D eigenvalue weighted by molar-refractivity contribution is -0.141. The van der Waals surface area contributed by atoms with E-state index in [-0.39, 0.29) is 18.1 Å². The van der Waals surface area contributed by atoms with Crippen LogP contribution in [-0.4, -0.2) is 63.7 Å². The van der Waals surface area contributed by atoms with E-state index in [0.29, 0.717) is 6.42 Å². The lowest BCUT2D eigenvalue weighted by Gasteiger charge is -2.25. The summed E-state index contributed by atoms with van der Waals surface area (Å²) >= 11 is 4.02. The molecule has 11 heteroatoms. The van der Waals surface area contributed by atoms with Crippen molar-refractivity contribution in [1.29, 1.82) is 0 Å². The number of H-pyrrole nitrogens is 1. The third-order valence-electron chi connectivity index (χ3n) is 5.33. The van der Waals surface area contributed by atoms with Crippen LogP contribution in [0.2, 0.25) is 0 Å². The summed E-state index contributed by atoms with van der Waals surface area (Å²) in [7, 11) is 0. The van der Waals surface area contributed by atoms with Crippen LogP contribution in [0.3, 0.4) is 0 Å². The number of hydrogen-bond acceptors (Lipinski definition) is 6. The maximum Gasteiger partial charge on any atom is 0.325 e. The average Bonchev–Trinajstić information content (AvgIpc) is 3.19. The van der Waals surface area contributed by atoms with Gasteiger partial charge in [-0.1, -0.05) is 32.0 Å². The minimum Gasteiger partial charge on any atom is -0.480 e. The van der Waals surface area contributed by atoms with Gasteiger partial charge in [0.15, 0.2) is 0 Å². The van der Waals surface area contributed by atoms with Crippen molar-refractivity contribution in [3.63, 3.8) is 0 Å². The fourth-order valence-electron chi connectivity index (χ4n) is 3.44. The Morgan fingerprint density at radius 3 is 2.24 bits per heavy atom. The minimum absolute atomic E-state index is 0.0659. The standard InChI is InChI=1S/C23H33N5O5S/c1-12(2)8-18(27-20(29)16(24)11-34)22(31)28-19(21(30)26-13(3)23(32)33)9-14-10-25-17-7-5-4-6-15(14)17/h4-7,10,12-13,16,18-19,25,34H,8-9,11,24H2,1-3H3,(H,26,30)(H,27,29)(H,28,31)(H,32,33). The molecule has 0 aliphatic carbocycles. The monoisotopic (exact) mass is 491 g/mol. The molecular formula is C23H33N5O5S. The summed E-state index contributed by atoms with van der Waals surface area (Å²) in [5.74, 6) is -2.74. The van der Waals surface area contributed by atoms with Crippen molar-refractivity contribution in [2.45, 2.75) is 57.8 Å². The van der Waals surface area contributed by atoms with Crippen molar-refractivity contribution in [2.24, 2.45) is 11.7 Å². The number of amides is 3. The van der Waals surface area contributed by atoms with Crippen LogP contribution in [-0.2, 0) is 25.6 Å². The molecule has 1 heterocycles. The van der Waals surface area contributed by atoms with Crippen LogP contribution < -0.4 is 21.7 Å². The highest BCUT2D eigenvalue weighted by molar-refractivity contribution is 7.80. The molecule has 3 amide bonds. The molecular weight excluding hydrogens is 458 g/mol. The maximum absolute atomic E-state index is 13.2. The van der Waals surface area contributed by atoms with Gasteiger partial charge in [0.05, 0.1) is 6.04 Å². The van der Waals surface area contributed by atoms with E-state index in [0.717, 1.165) is 16.5 Å². The molecule has 2 aromatic rings. The van der Waals surface area contributed by atoms with Crippen molar-refractivity contribution in [2.75, 3.05) is 5.75 Å². The summed E-state index contributed by atoms with van der Waals surface area (Å²) in [5.41, 5.74) is 7.37. The Labute approximate surface area is 203 Å². The molecule has 0 aliphatic heterocycles. The van der Waals surface area contributed by atoms with E-state index in [1.165, 1.54) is 6.92 Å². The number of carbonyl (C=O) groups is 4. The van der Waals surface area contributed by atoms with Crippen LogP contribution in [0.25, 0.3) is 10.9 Å². The lowest BCUT2D eigenvalue weighted by Crippen LogP contribution is -2.57. The highest BCUT2D eigenvalue weighted by atomic mass is 32.1. The molecule has 0 saturated heterocycles. The second-order valence-electron chi connectivity index (χ2n) is 8.67. The molecule has 2 rings (SSSR count). The Bertz CT molecular complexity index is 1020. The Kier molecular flexibility index (Phi) is 9.94. The number of carboxylic acids is 1. The first-order valence-electron chi connectivity index (χ1n) is 11.1. The molecule has 34 heavy (non-hydrogen) atoms. The number of nitrogens with two attached hydrogens (primary N) is 1. The van der Waals surface area contributed by atoms with Crippen molar-refractivity contribution >= 4 is 47.2 Å². The summed E-state index contributed by atoms with van der Waals surface area (Å²) in [6, 6.07) is 3.49. The molecule has 0 aliphatic rings. The predicted molar refractivity (Wildman–Crippen MR) is 132 cm³/mol. The number of thiol groups is 1. The van der Waals surface area contributed by atoms with Crippen LogP contribution in [0.1, 0.15) is 32.8 Å². The molecule has 0 saturated carbocycles. The zero-order chi connectivity index (χ0) is 25.4. The largest absolute Gasteiger partial charge is 0.480 e. The Morgan fingerprint density at radius 2 is 1.62 bits per heavy atom. The Hall–Kier alpha value is -3.05. The van der Waals surface area contributed by atoms with E-state index in [9.17, 15) is 24.3 Å². The van der Waals surface area contributed by atoms with Gasteiger partial charge in [-0.25, -0.2) is 0 Å². The van der Waals surface area contributed by atoms with Crippen molar-refractivity contribution < 1.29 is 24.3 Å². The highest BCUT2D eigenvalue weighted by Gasteiger charge is 2.30. The second-order valence-corrected chi connectivity index (χ2v) is 9.04. The number of carbonyl (C=O) groups excluding carboxylic acids is 3. The Morgan fingerprint density at radius 1 is 1.00 bits per heavy atom. The molecule has 1 aromatic carbocycles. The fourth-order valence-corrected chi connectivity index (χ4v) is 3.61. The van der Waals surface area contributed by atoms with Gasteiger partial charge < -0.3 is 31.8 Å². The van der Waals surface area contributed by atoms with Crippen molar-refractivity contribution in [3.05, 3.63) is 36.0 Å². The Balaban J connectivity index is 2.28. The molecule has 4 atom stereocenters. The van der Waals surface area contributed by atoms with E-state index in [1.807, 2.05) is 38.1 Å². The van der Waals surface area contributed by atoms with Gasteiger partial charge >= 0.3 is 5.97 Å². The van der Waals surface area contributed by atoms with E-state index in [4.69, 9.17) is 5.73 Å². The predicted octanol–water partition coefficient (Wildman–Crippen LogP) is 0.573. The lowest BCUT2D eigenvalue weighted by atomic mass is 10.0. The van der Waals surface area contributed by atoms with E-state index in [2.05, 4.69) is 33.6 Å². The van der Waals surface area contributed by atoms with Crippen LogP contribution in [0.4, 0.5) is 0 Å². The maximum atomic E-state index is 13.2. The average molecular weight is 492 g/mol. The van der Waals surface area contributed by atoms with Crippen molar-refractivity contribution in [1.82, 2.24) is 20.9 Å². The second kappa shape index (κ2) is 12.4. The van der Waals surface area contributed by atoms with Crippen LogP contribution in [0.5, 0.6) is 0 Å². The summed E-state index contributed by atoms with van der Waals surface area (Å²) in [5, 5.41) is 17.8. The normalized spacial score (nSPS) is 14.8. The molecule has 1 aromatic heterocycles. The third kappa shape index (κ3) is 7.49. The minimum atomic E-state index is -1.20. The van der Waals surface area contributed by atoms with Gasteiger partial charge in [0.2, 0.25) is 17.7 Å². The molecule has 7 N–H and O–H groups in total. The smallest absolute Gasteiger partial charge is 0.325 e. The molecule has 4 unspecified atom stereocenters. The number of para-hydroxylation sites is 1. The van der Waals surface area contributed by atoms with E-state index in [1.54, 1.807) is 6.20 Å². The summed E-state index contributed by atoms with van der Waals surface area (Å²) in [6.45, 7) is 5.14. The van der Waals surface area contributed by atoms with Crippen molar-refractivity contribution in [3.8, 4) is 0 Å². The number of rotatable bonds is 12. The van der Waals surface area contributed by atoms with Gasteiger partial charge in [-0.05, 0) is 30.9 Å². The SMILES string of the molecule is CC(C)CC(NC(=O)C(N)CS)C(=O)NC(Cc1c[nH]c2ccccc12)C(=O)NC(C)C(=O)O. The van der Waals surface area contributed by atoms with Gasteiger partial charge in [-0.15, -0.1) is 0 Å². The molecule has 186 valence electrons. The molecule has 10 nitrogen and oxygen atoms in total. The summed E-state index contributed by atoms with van der Waals surface area (Å²) in [6.07, 6.45) is 2.19. The summed E-state index contributed by atoms with van der Waals surface area (Å²) < 4.78 is 0. The third-order valence-corrected chi connectivity index (χ3v) is 5.73. The number of hydrogen-bond donors (Lipinski definition) is 7. The number of aromatic nitrogens is 1. The first-order chi connectivity index (χ1) is 16.0. The first kappa shape index (κ1) is 27.2. The van der Waals surface area contributed by atoms with Crippen LogP contribution >= 0.6 is 12.6 Å². The fraction of sp³-hybridized carbons (Fsp3) is 0.478. The number of benzene rings is 1. The van der Waals surface area contributed by atoms with Gasteiger partial charge in [0, 0.05) is 29.3 Å². The van der Waals surface area contributed by atoms with Gasteiger partial charge in [-0.2, -0.15) is 12.6 Å². The van der Waals surface area contributed by atoms with Gasteiger partial charge in [-0.3, -0.25) is 19.2 Å². The van der Waals surface area contributed by atoms with Crippen LogP contribution in [0.15, 0.2) is 30.5 Å². The van der Waals surface area contributed by atoms with Gasteiger partial charge in [0.1, 0.15) is 18.1 Å². The number of aromatic amines is 1. The highest BCUT2D eigenvalue weighted by Crippen LogP contribution is 2.19. The summed E-state index contributed by atoms with van der Waals surface area (Å²) in [4.78, 5) is 52.8. The zero-order valence-electron chi connectivity index (χ0n) is 19.5. The van der Waals surface area contributed by atoms with E-state index < -0.39 is 47.9 Å². The first-order valence-corrected chi connectivity index (χ1v) is 11.7. The topological polar surface area (TPSA) is 166 Å². The molecule has 0 fully saturated rings. The quantitative estimate of drug-likeness (QED) is 0.214. The van der Waals surface area contributed by atoms with Crippen LogP contribution in [0, 0.1) is 5.92 Å².